The molecule has 1 heterocycles. The number of amides is 1. The molecule has 2 aromatic carbocycles. The molecule has 0 bridgehead atoms. The second kappa shape index (κ2) is 9.92. The Morgan fingerprint density at radius 3 is 2.23 bits per heavy atom. The number of hydrogen-bond acceptors (Lipinski definition) is 3. The molecular weight excluding hydrogens is 384 g/mol. The number of carbonyl (C=O) groups excluding carboxylic acids is 1. The number of nitrogens with one attached hydrogen (secondary N) is 2. The predicted octanol–water partition coefficient (Wildman–Crippen LogP) is 5.29. The van der Waals surface area contributed by atoms with Gasteiger partial charge in [-0.15, -0.1) is 0 Å². The molecule has 0 aliphatic rings. The van der Waals surface area contributed by atoms with Gasteiger partial charge in [0.1, 0.15) is 0 Å². The molecule has 0 aliphatic heterocycles. The maximum absolute atomic E-state index is 12.8. The van der Waals surface area contributed by atoms with Gasteiger partial charge in [0.2, 0.25) is 5.91 Å². The van der Waals surface area contributed by atoms with Crippen LogP contribution in [0.1, 0.15) is 54.9 Å². The smallest absolute Gasteiger partial charge is 0.238 e. The second-order valence-corrected chi connectivity index (χ2v) is 8.54. The van der Waals surface area contributed by atoms with Gasteiger partial charge in [-0.05, 0) is 56.4 Å². The standard InChI is InChI=1S/C26H34N4O/c1-7-21-10-12-22(13-11-21)25(17(2)3)27-16-24(31)28-26-19(5)29-30(20(26)6)23-14-8-18(4)9-15-23/h8-15,17,25,27H,7,16H2,1-6H3,(H,28,31)/t25-/m1/s1. The maximum Gasteiger partial charge on any atom is 0.238 e. The summed E-state index contributed by atoms with van der Waals surface area (Å²) in [5.74, 6) is 0.304. The number of aryl methyl sites for hydroxylation is 3. The first-order valence-corrected chi connectivity index (χ1v) is 11.1. The molecule has 1 atom stereocenters. The number of aromatic nitrogens is 2. The Morgan fingerprint density at radius 1 is 1.00 bits per heavy atom. The van der Waals surface area contributed by atoms with E-state index in [4.69, 9.17) is 0 Å². The lowest BCUT2D eigenvalue weighted by atomic mass is 9.95. The van der Waals surface area contributed by atoms with Gasteiger partial charge in [0.15, 0.2) is 0 Å². The molecule has 0 fully saturated rings. The summed E-state index contributed by atoms with van der Waals surface area (Å²) in [7, 11) is 0. The van der Waals surface area contributed by atoms with E-state index >= 15 is 0 Å². The van der Waals surface area contributed by atoms with Crippen LogP contribution in [0.4, 0.5) is 5.69 Å². The Hall–Kier alpha value is -2.92. The lowest BCUT2D eigenvalue weighted by Gasteiger charge is -2.23. The van der Waals surface area contributed by atoms with Crippen molar-refractivity contribution >= 4 is 11.6 Å². The molecule has 0 aliphatic carbocycles. The normalized spacial score (nSPS) is 12.2. The molecule has 3 aromatic rings. The first kappa shape index (κ1) is 22.8. The summed E-state index contributed by atoms with van der Waals surface area (Å²) in [4.78, 5) is 12.8. The zero-order valence-electron chi connectivity index (χ0n) is 19.5. The highest BCUT2D eigenvalue weighted by molar-refractivity contribution is 5.93. The summed E-state index contributed by atoms with van der Waals surface area (Å²) in [6, 6.07) is 17.0. The van der Waals surface area contributed by atoms with Gasteiger partial charge in [0, 0.05) is 6.04 Å². The first-order chi connectivity index (χ1) is 14.8. The van der Waals surface area contributed by atoms with E-state index in [0.717, 1.165) is 29.2 Å². The van der Waals surface area contributed by atoms with Crippen molar-refractivity contribution in [1.29, 1.82) is 0 Å². The molecule has 0 saturated heterocycles. The number of carbonyl (C=O) groups is 1. The van der Waals surface area contributed by atoms with E-state index < -0.39 is 0 Å². The number of anilines is 1. The molecule has 1 aromatic heterocycles. The fraction of sp³-hybridized carbons (Fsp3) is 0.385. The van der Waals surface area contributed by atoms with Crippen molar-refractivity contribution < 1.29 is 4.79 Å². The number of benzene rings is 2. The molecular formula is C26H34N4O. The molecule has 1 amide bonds. The Bertz CT molecular complexity index is 1020. The summed E-state index contributed by atoms with van der Waals surface area (Å²) in [6.45, 7) is 12.7. The van der Waals surface area contributed by atoms with Crippen molar-refractivity contribution in [2.75, 3.05) is 11.9 Å². The molecule has 0 radical (unpaired) electrons. The van der Waals surface area contributed by atoms with Crippen LogP contribution in [0.5, 0.6) is 0 Å². The van der Waals surface area contributed by atoms with Gasteiger partial charge < -0.3 is 10.6 Å². The van der Waals surface area contributed by atoms with Crippen LogP contribution in [0, 0.1) is 26.7 Å². The monoisotopic (exact) mass is 418 g/mol. The molecule has 0 saturated carbocycles. The van der Waals surface area contributed by atoms with E-state index in [9.17, 15) is 4.79 Å². The molecule has 0 spiro atoms. The largest absolute Gasteiger partial charge is 0.322 e. The number of nitrogens with zero attached hydrogens (tertiary/aromatic N) is 2. The quantitative estimate of drug-likeness (QED) is 0.523. The van der Waals surface area contributed by atoms with Crippen molar-refractivity contribution in [2.45, 2.75) is 54.0 Å². The van der Waals surface area contributed by atoms with Gasteiger partial charge in [0.05, 0.1) is 29.3 Å². The number of rotatable bonds is 8. The predicted molar refractivity (Wildman–Crippen MR) is 128 cm³/mol. The van der Waals surface area contributed by atoms with Crippen molar-refractivity contribution in [3.8, 4) is 5.69 Å². The van der Waals surface area contributed by atoms with E-state index in [-0.39, 0.29) is 18.5 Å². The topological polar surface area (TPSA) is 59.0 Å². The van der Waals surface area contributed by atoms with Crippen molar-refractivity contribution in [3.63, 3.8) is 0 Å². The molecule has 0 unspecified atom stereocenters. The molecule has 5 heteroatoms. The Morgan fingerprint density at radius 2 is 1.65 bits per heavy atom. The molecule has 3 rings (SSSR count). The third-order valence-electron chi connectivity index (χ3n) is 5.73. The average Bonchev–Trinajstić information content (AvgIpc) is 3.03. The van der Waals surface area contributed by atoms with Crippen molar-refractivity contribution in [2.24, 2.45) is 5.92 Å². The van der Waals surface area contributed by atoms with Gasteiger partial charge in [-0.2, -0.15) is 5.10 Å². The van der Waals surface area contributed by atoms with Gasteiger partial charge in [-0.1, -0.05) is 62.7 Å². The molecule has 5 nitrogen and oxygen atoms in total. The SMILES string of the molecule is CCc1ccc([C@H](NCC(=O)Nc2c(C)nn(-c3ccc(C)cc3)c2C)C(C)C)cc1. The minimum Gasteiger partial charge on any atom is -0.322 e. The van der Waals surface area contributed by atoms with Crippen LogP contribution >= 0.6 is 0 Å². The minimum atomic E-state index is -0.0644. The zero-order valence-corrected chi connectivity index (χ0v) is 19.5. The summed E-state index contributed by atoms with van der Waals surface area (Å²) in [5, 5.41) is 11.1. The zero-order chi connectivity index (χ0) is 22.5. The van der Waals surface area contributed by atoms with Gasteiger partial charge >= 0.3 is 0 Å². The van der Waals surface area contributed by atoms with Crippen LogP contribution in [0.2, 0.25) is 0 Å². The van der Waals surface area contributed by atoms with E-state index in [1.165, 1.54) is 16.7 Å². The van der Waals surface area contributed by atoms with E-state index in [1.54, 1.807) is 0 Å². The van der Waals surface area contributed by atoms with Crippen LogP contribution in [0.3, 0.4) is 0 Å². The maximum atomic E-state index is 12.8. The highest BCUT2D eigenvalue weighted by Crippen LogP contribution is 2.24. The van der Waals surface area contributed by atoms with Crippen LogP contribution in [-0.2, 0) is 11.2 Å². The van der Waals surface area contributed by atoms with Crippen LogP contribution in [0.15, 0.2) is 48.5 Å². The Kier molecular flexibility index (Phi) is 7.29. The first-order valence-electron chi connectivity index (χ1n) is 11.1. The van der Waals surface area contributed by atoms with Gasteiger partial charge in [-0.3, -0.25) is 4.79 Å². The fourth-order valence-corrected chi connectivity index (χ4v) is 3.85. The van der Waals surface area contributed by atoms with E-state index in [0.29, 0.717) is 5.92 Å². The van der Waals surface area contributed by atoms with E-state index in [1.807, 2.05) is 30.7 Å². The fourth-order valence-electron chi connectivity index (χ4n) is 3.85. The van der Waals surface area contributed by atoms with Gasteiger partial charge in [0.25, 0.3) is 0 Å². The lowest BCUT2D eigenvalue weighted by molar-refractivity contribution is -0.115. The Balaban J connectivity index is 1.69. The summed E-state index contributed by atoms with van der Waals surface area (Å²) in [5.41, 5.74) is 7.22. The van der Waals surface area contributed by atoms with Gasteiger partial charge in [-0.25, -0.2) is 4.68 Å². The van der Waals surface area contributed by atoms with E-state index in [2.05, 4.69) is 79.8 Å². The molecule has 31 heavy (non-hydrogen) atoms. The third-order valence-corrected chi connectivity index (χ3v) is 5.73. The van der Waals surface area contributed by atoms with Crippen molar-refractivity contribution in [3.05, 3.63) is 76.6 Å². The molecule has 164 valence electrons. The average molecular weight is 419 g/mol. The second-order valence-electron chi connectivity index (χ2n) is 8.54. The summed E-state index contributed by atoms with van der Waals surface area (Å²) in [6.07, 6.45) is 1.03. The highest BCUT2D eigenvalue weighted by atomic mass is 16.1. The highest BCUT2D eigenvalue weighted by Gasteiger charge is 2.19. The van der Waals surface area contributed by atoms with Crippen LogP contribution in [0.25, 0.3) is 5.69 Å². The van der Waals surface area contributed by atoms with Crippen molar-refractivity contribution in [1.82, 2.24) is 15.1 Å². The Labute approximate surface area is 185 Å². The minimum absolute atomic E-state index is 0.0644. The third kappa shape index (κ3) is 5.42. The van der Waals surface area contributed by atoms with Crippen LogP contribution < -0.4 is 10.6 Å². The lowest BCUT2D eigenvalue weighted by Crippen LogP contribution is -2.33. The molecule has 2 N–H and O–H groups in total. The summed E-state index contributed by atoms with van der Waals surface area (Å²) >= 11 is 0. The number of hydrogen-bond donors (Lipinski definition) is 2. The summed E-state index contributed by atoms with van der Waals surface area (Å²) < 4.78 is 1.88. The van der Waals surface area contributed by atoms with Crippen LogP contribution in [-0.4, -0.2) is 22.2 Å².